The average molecular weight is 290 g/mol. The van der Waals surface area contributed by atoms with Crippen molar-refractivity contribution in [1.29, 1.82) is 0 Å². The van der Waals surface area contributed by atoms with Gasteiger partial charge in [0.1, 0.15) is 0 Å². The molecule has 2 rings (SSSR count). The first-order chi connectivity index (χ1) is 10.1. The predicted octanol–water partition coefficient (Wildman–Crippen LogP) is 2.04. The minimum Gasteiger partial charge on any atom is -0.385 e. The minimum atomic E-state index is -0.0508. The number of hydrogen-bond acceptors (Lipinski definition) is 4. The van der Waals surface area contributed by atoms with Crippen molar-refractivity contribution in [1.82, 2.24) is 15.2 Å². The molecule has 116 valence electrons. The van der Waals surface area contributed by atoms with Crippen molar-refractivity contribution in [2.45, 2.75) is 39.7 Å². The van der Waals surface area contributed by atoms with E-state index in [4.69, 9.17) is 0 Å². The lowest BCUT2D eigenvalue weighted by Crippen LogP contribution is -2.41. The molecule has 1 aromatic heterocycles. The third-order valence-electron chi connectivity index (χ3n) is 3.76. The summed E-state index contributed by atoms with van der Waals surface area (Å²) in [5, 5.41) is 6.31. The quantitative estimate of drug-likeness (QED) is 0.842. The third kappa shape index (κ3) is 4.43. The SMILES string of the molecule is CCNc1cc(C)ncc1C(=O)NC(C)CN1CCCC1. The van der Waals surface area contributed by atoms with Gasteiger partial charge in [-0.2, -0.15) is 0 Å². The second kappa shape index (κ2) is 7.41. The largest absolute Gasteiger partial charge is 0.385 e. The van der Waals surface area contributed by atoms with Gasteiger partial charge in [0, 0.05) is 31.0 Å². The van der Waals surface area contributed by atoms with Gasteiger partial charge in [0.15, 0.2) is 0 Å². The average Bonchev–Trinajstić information content (AvgIpc) is 2.91. The fraction of sp³-hybridized carbons (Fsp3) is 0.625. The number of aryl methyl sites for hydroxylation is 1. The number of aromatic nitrogens is 1. The van der Waals surface area contributed by atoms with Crippen molar-refractivity contribution in [3.05, 3.63) is 23.5 Å². The molecule has 1 amide bonds. The van der Waals surface area contributed by atoms with E-state index in [1.165, 1.54) is 12.8 Å². The van der Waals surface area contributed by atoms with Gasteiger partial charge in [-0.05, 0) is 52.8 Å². The Morgan fingerprint density at radius 3 is 2.81 bits per heavy atom. The van der Waals surface area contributed by atoms with Gasteiger partial charge in [-0.25, -0.2) is 0 Å². The summed E-state index contributed by atoms with van der Waals surface area (Å²) < 4.78 is 0. The van der Waals surface area contributed by atoms with Crippen LogP contribution in [0.3, 0.4) is 0 Å². The molecule has 1 aliphatic heterocycles. The van der Waals surface area contributed by atoms with Crippen LogP contribution in [0.15, 0.2) is 12.3 Å². The van der Waals surface area contributed by atoms with Gasteiger partial charge < -0.3 is 15.5 Å². The Kier molecular flexibility index (Phi) is 5.56. The van der Waals surface area contributed by atoms with Crippen LogP contribution in [0.1, 0.15) is 42.7 Å². The molecular weight excluding hydrogens is 264 g/mol. The van der Waals surface area contributed by atoms with Gasteiger partial charge in [0.05, 0.1) is 11.3 Å². The number of hydrogen-bond donors (Lipinski definition) is 2. The number of rotatable bonds is 6. The summed E-state index contributed by atoms with van der Waals surface area (Å²) in [6.07, 6.45) is 4.20. The minimum absolute atomic E-state index is 0.0508. The number of nitrogens with one attached hydrogen (secondary N) is 2. The first-order valence-corrected chi connectivity index (χ1v) is 7.84. The van der Waals surface area contributed by atoms with Gasteiger partial charge in [-0.1, -0.05) is 0 Å². The van der Waals surface area contributed by atoms with Crippen LogP contribution in [-0.4, -0.2) is 48.0 Å². The van der Waals surface area contributed by atoms with Crippen molar-refractivity contribution in [2.75, 3.05) is 31.5 Å². The summed E-state index contributed by atoms with van der Waals surface area (Å²) in [6.45, 7) is 10.0. The molecule has 5 heteroatoms. The highest BCUT2D eigenvalue weighted by molar-refractivity contribution is 5.99. The lowest BCUT2D eigenvalue weighted by Gasteiger charge is -2.21. The van der Waals surface area contributed by atoms with E-state index in [0.29, 0.717) is 5.56 Å². The van der Waals surface area contributed by atoms with Crippen LogP contribution in [0, 0.1) is 6.92 Å². The highest BCUT2D eigenvalue weighted by Crippen LogP contribution is 2.16. The summed E-state index contributed by atoms with van der Waals surface area (Å²) in [7, 11) is 0. The topological polar surface area (TPSA) is 57.3 Å². The first kappa shape index (κ1) is 15.8. The molecule has 1 aliphatic rings. The third-order valence-corrected chi connectivity index (χ3v) is 3.76. The summed E-state index contributed by atoms with van der Waals surface area (Å²) in [5.41, 5.74) is 2.39. The van der Waals surface area contributed by atoms with Crippen LogP contribution >= 0.6 is 0 Å². The lowest BCUT2D eigenvalue weighted by atomic mass is 10.1. The van der Waals surface area contributed by atoms with Gasteiger partial charge in [-0.3, -0.25) is 9.78 Å². The zero-order chi connectivity index (χ0) is 15.2. The maximum absolute atomic E-state index is 12.4. The number of carbonyl (C=O) groups is 1. The van der Waals surface area contributed by atoms with E-state index in [2.05, 4.69) is 27.4 Å². The predicted molar refractivity (Wildman–Crippen MR) is 85.7 cm³/mol. The number of nitrogens with zero attached hydrogens (tertiary/aromatic N) is 2. The van der Waals surface area contributed by atoms with Gasteiger partial charge in [0.25, 0.3) is 5.91 Å². The molecule has 1 fully saturated rings. The molecular formula is C16H26N4O. The molecule has 0 spiro atoms. The van der Waals surface area contributed by atoms with Crippen molar-refractivity contribution < 1.29 is 4.79 Å². The summed E-state index contributed by atoms with van der Waals surface area (Å²) in [4.78, 5) is 19.1. The molecule has 0 radical (unpaired) electrons. The summed E-state index contributed by atoms with van der Waals surface area (Å²) >= 11 is 0. The fourth-order valence-corrected chi connectivity index (χ4v) is 2.78. The number of amides is 1. The van der Waals surface area contributed by atoms with Crippen molar-refractivity contribution in [3.8, 4) is 0 Å². The van der Waals surface area contributed by atoms with E-state index in [0.717, 1.165) is 37.6 Å². The summed E-state index contributed by atoms with van der Waals surface area (Å²) in [5.74, 6) is -0.0508. The number of likely N-dealkylation sites (tertiary alicyclic amines) is 1. The molecule has 0 saturated carbocycles. The van der Waals surface area contributed by atoms with E-state index in [9.17, 15) is 4.79 Å². The highest BCUT2D eigenvalue weighted by Gasteiger charge is 2.18. The van der Waals surface area contributed by atoms with Crippen LogP contribution in [0.25, 0.3) is 0 Å². The van der Waals surface area contributed by atoms with Crippen molar-refractivity contribution in [3.63, 3.8) is 0 Å². The molecule has 2 heterocycles. The lowest BCUT2D eigenvalue weighted by molar-refractivity contribution is 0.0932. The van der Waals surface area contributed by atoms with Gasteiger partial charge in [-0.15, -0.1) is 0 Å². The molecule has 21 heavy (non-hydrogen) atoms. The molecule has 0 aliphatic carbocycles. The number of carbonyl (C=O) groups excluding carboxylic acids is 1. The second-order valence-corrected chi connectivity index (χ2v) is 5.78. The molecule has 0 bridgehead atoms. The zero-order valence-corrected chi connectivity index (χ0v) is 13.3. The molecule has 5 nitrogen and oxygen atoms in total. The Hall–Kier alpha value is -1.62. The van der Waals surface area contributed by atoms with Gasteiger partial charge >= 0.3 is 0 Å². The second-order valence-electron chi connectivity index (χ2n) is 5.78. The van der Waals surface area contributed by atoms with Crippen LogP contribution in [0.4, 0.5) is 5.69 Å². The van der Waals surface area contributed by atoms with Gasteiger partial charge in [0.2, 0.25) is 0 Å². The van der Waals surface area contributed by atoms with E-state index < -0.39 is 0 Å². The Balaban J connectivity index is 1.98. The van der Waals surface area contributed by atoms with Crippen molar-refractivity contribution >= 4 is 11.6 Å². The standard InChI is InChI=1S/C16H26N4O/c1-4-17-15-9-12(2)18-10-14(15)16(21)19-13(3)11-20-7-5-6-8-20/h9-10,13H,4-8,11H2,1-3H3,(H,17,18)(H,19,21). The smallest absolute Gasteiger partial charge is 0.255 e. The van der Waals surface area contributed by atoms with Crippen LogP contribution < -0.4 is 10.6 Å². The Morgan fingerprint density at radius 2 is 2.14 bits per heavy atom. The maximum atomic E-state index is 12.4. The van der Waals surface area contributed by atoms with Crippen LogP contribution in [0.2, 0.25) is 0 Å². The highest BCUT2D eigenvalue weighted by atomic mass is 16.1. The Morgan fingerprint density at radius 1 is 1.43 bits per heavy atom. The zero-order valence-electron chi connectivity index (χ0n) is 13.3. The molecule has 1 unspecified atom stereocenters. The summed E-state index contributed by atoms with van der Waals surface area (Å²) in [6, 6.07) is 2.06. The number of anilines is 1. The molecule has 0 aromatic carbocycles. The first-order valence-electron chi connectivity index (χ1n) is 7.84. The molecule has 1 aromatic rings. The van der Waals surface area contributed by atoms with Crippen molar-refractivity contribution in [2.24, 2.45) is 0 Å². The van der Waals surface area contributed by atoms with E-state index in [1.54, 1.807) is 6.20 Å². The number of pyridine rings is 1. The van der Waals surface area contributed by atoms with E-state index >= 15 is 0 Å². The molecule has 1 atom stereocenters. The van der Waals surface area contributed by atoms with Crippen LogP contribution in [0.5, 0.6) is 0 Å². The molecule has 1 saturated heterocycles. The maximum Gasteiger partial charge on any atom is 0.255 e. The normalized spacial score (nSPS) is 16.7. The van der Waals surface area contributed by atoms with Crippen LogP contribution in [-0.2, 0) is 0 Å². The Labute approximate surface area is 127 Å². The monoisotopic (exact) mass is 290 g/mol. The molecule has 2 N–H and O–H groups in total. The Bertz CT molecular complexity index is 483. The van der Waals surface area contributed by atoms with E-state index in [-0.39, 0.29) is 11.9 Å². The van der Waals surface area contributed by atoms with E-state index in [1.807, 2.05) is 19.9 Å². The fourth-order valence-electron chi connectivity index (χ4n) is 2.78.